The van der Waals surface area contributed by atoms with Crippen molar-refractivity contribution in [1.82, 2.24) is 14.8 Å². The first-order valence-electron chi connectivity index (χ1n) is 2.97. The van der Waals surface area contributed by atoms with Crippen LogP contribution >= 0.6 is 27.3 Å². The van der Waals surface area contributed by atoms with Gasteiger partial charge in [-0.25, -0.2) is 9.67 Å². The lowest BCUT2D eigenvalue weighted by Gasteiger charge is -1.90. The van der Waals surface area contributed by atoms with Gasteiger partial charge >= 0.3 is 0 Å². The third-order valence-corrected chi connectivity index (χ3v) is 2.70. The maximum atomic E-state index is 4.19. The molecule has 0 amide bonds. The standard InChI is InChI=1S/C6H4BrN3S/c7-5-4-11-6(9-5)10-3-1-2-8-10/h1-4H. The minimum Gasteiger partial charge on any atom is -0.214 e. The van der Waals surface area contributed by atoms with Crippen molar-refractivity contribution < 1.29 is 0 Å². The van der Waals surface area contributed by atoms with Crippen LogP contribution in [0.4, 0.5) is 0 Å². The highest BCUT2D eigenvalue weighted by Gasteiger charge is 1.99. The highest BCUT2D eigenvalue weighted by Crippen LogP contribution is 2.17. The van der Waals surface area contributed by atoms with E-state index in [0.717, 1.165) is 9.73 Å². The minimum atomic E-state index is 0.855. The summed E-state index contributed by atoms with van der Waals surface area (Å²) in [6.45, 7) is 0. The number of hydrogen-bond donors (Lipinski definition) is 0. The van der Waals surface area contributed by atoms with E-state index in [9.17, 15) is 0 Å². The fourth-order valence-corrected chi connectivity index (χ4v) is 1.92. The van der Waals surface area contributed by atoms with Gasteiger partial charge in [0, 0.05) is 17.8 Å². The van der Waals surface area contributed by atoms with Crippen LogP contribution in [0.15, 0.2) is 28.4 Å². The predicted molar refractivity (Wildman–Crippen MR) is 46.9 cm³/mol. The van der Waals surface area contributed by atoms with Crippen molar-refractivity contribution in [1.29, 1.82) is 0 Å². The molecule has 0 saturated heterocycles. The second kappa shape index (κ2) is 2.75. The molecule has 0 bridgehead atoms. The molecule has 56 valence electrons. The minimum absolute atomic E-state index is 0.855. The monoisotopic (exact) mass is 229 g/mol. The summed E-state index contributed by atoms with van der Waals surface area (Å²) < 4.78 is 2.59. The van der Waals surface area contributed by atoms with Gasteiger partial charge in [-0.1, -0.05) is 0 Å². The van der Waals surface area contributed by atoms with Gasteiger partial charge in [0.05, 0.1) is 0 Å². The Bertz CT molecular complexity index is 340. The average Bonchev–Trinajstić information content (AvgIpc) is 2.55. The molecule has 0 radical (unpaired) electrons. The zero-order valence-electron chi connectivity index (χ0n) is 5.44. The second-order valence-corrected chi connectivity index (χ2v) is 3.55. The van der Waals surface area contributed by atoms with Gasteiger partial charge in [-0.15, -0.1) is 11.3 Å². The van der Waals surface area contributed by atoms with Crippen molar-refractivity contribution in [2.45, 2.75) is 0 Å². The fourth-order valence-electron chi connectivity index (χ4n) is 0.733. The molecule has 2 aromatic rings. The summed E-state index contributed by atoms with van der Waals surface area (Å²) in [5, 5.41) is 6.85. The maximum absolute atomic E-state index is 4.19. The molecule has 2 rings (SSSR count). The van der Waals surface area contributed by atoms with E-state index in [1.54, 1.807) is 22.2 Å². The molecule has 0 aromatic carbocycles. The van der Waals surface area contributed by atoms with Gasteiger partial charge in [-0.2, -0.15) is 5.10 Å². The molecule has 5 heteroatoms. The van der Waals surface area contributed by atoms with Crippen molar-refractivity contribution in [3.05, 3.63) is 28.4 Å². The van der Waals surface area contributed by atoms with Crippen LogP contribution in [0.1, 0.15) is 0 Å². The van der Waals surface area contributed by atoms with Crippen LogP contribution in [0.2, 0.25) is 0 Å². The number of thiazole rings is 1. The molecule has 0 atom stereocenters. The lowest BCUT2D eigenvalue weighted by molar-refractivity contribution is 0.867. The summed E-state index contributed by atoms with van der Waals surface area (Å²) in [7, 11) is 0. The number of halogens is 1. The van der Waals surface area contributed by atoms with Gasteiger partial charge in [0.25, 0.3) is 0 Å². The molecule has 0 aliphatic rings. The molecule has 3 nitrogen and oxygen atoms in total. The predicted octanol–water partition coefficient (Wildman–Crippen LogP) is 2.09. The molecule has 0 fully saturated rings. The molecule has 0 spiro atoms. The van der Waals surface area contributed by atoms with E-state index < -0.39 is 0 Å². The Morgan fingerprint density at radius 1 is 1.55 bits per heavy atom. The Hall–Kier alpha value is -0.680. The molecule has 0 aliphatic heterocycles. The van der Waals surface area contributed by atoms with Gasteiger partial charge in [0.15, 0.2) is 0 Å². The Morgan fingerprint density at radius 2 is 2.45 bits per heavy atom. The largest absolute Gasteiger partial charge is 0.214 e. The second-order valence-electron chi connectivity index (χ2n) is 1.90. The molecule has 0 saturated carbocycles. The summed E-state index contributed by atoms with van der Waals surface area (Å²) in [6.07, 6.45) is 3.60. The van der Waals surface area contributed by atoms with Crippen LogP contribution in [0.25, 0.3) is 5.13 Å². The van der Waals surface area contributed by atoms with E-state index in [-0.39, 0.29) is 0 Å². The normalized spacial score (nSPS) is 10.3. The molecule has 0 aliphatic carbocycles. The highest BCUT2D eigenvalue weighted by molar-refractivity contribution is 9.10. The molecular formula is C6H4BrN3S. The molecule has 2 aromatic heterocycles. The Kier molecular flexibility index (Phi) is 1.75. The molecule has 0 unspecified atom stereocenters. The quantitative estimate of drug-likeness (QED) is 0.750. The van der Waals surface area contributed by atoms with Crippen LogP contribution in [0.5, 0.6) is 0 Å². The first-order chi connectivity index (χ1) is 5.36. The highest BCUT2D eigenvalue weighted by atomic mass is 79.9. The van der Waals surface area contributed by atoms with Crippen LogP contribution in [-0.4, -0.2) is 14.8 Å². The summed E-state index contributed by atoms with van der Waals surface area (Å²) in [5.74, 6) is 0. The van der Waals surface area contributed by atoms with Crippen LogP contribution in [-0.2, 0) is 0 Å². The van der Waals surface area contributed by atoms with E-state index in [1.165, 1.54) is 0 Å². The van der Waals surface area contributed by atoms with Gasteiger partial charge < -0.3 is 0 Å². The molecule has 2 heterocycles. The van der Waals surface area contributed by atoms with Gasteiger partial charge in [0.1, 0.15) is 4.60 Å². The van der Waals surface area contributed by atoms with Crippen LogP contribution in [0.3, 0.4) is 0 Å². The summed E-state index contributed by atoms with van der Waals surface area (Å²) in [5.41, 5.74) is 0. The summed E-state index contributed by atoms with van der Waals surface area (Å²) >= 11 is 4.83. The number of nitrogens with zero attached hydrogens (tertiary/aromatic N) is 3. The first-order valence-corrected chi connectivity index (χ1v) is 4.64. The van der Waals surface area contributed by atoms with Crippen LogP contribution in [0, 0.1) is 0 Å². The molecular weight excluding hydrogens is 226 g/mol. The van der Waals surface area contributed by atoms with Crippen molar-refractivity contribution in [3.8, 4) is 5.13 Å². The molecule has 11 heavy (non-hydrogen) atoms. The van der Waals surface area contributed by atoms with Crippen molar-refractivity contribution in [2.24, 2.45) is 0 Å². The van der Waals surface area contributed by atoms with Crippen molar-refractivity contribution in [2.75, 3.05) is 0 Å². The van der Waals surface area contributed by atoms with Gasteiger partial charge in [-0.3, -0.25) is 0 Å². The smallest absolute Gasteiger partial charge is 0.211 e. The van der Waals surface area contributed by atoms with E-state index in [1.807, 2.05) is 17.6 Å². The van der Waals surface area contributed by atoms with E-state index in [0.29, 0.717) is 0 Å². The Balaban J connectivity index is 2.45. The van der Waals surface area contributed by atoms with E-state index in [2.05, 4.69) is 26.0 Å². The maximum Gasteiger partial charge on any atom is 0.211 e. The van der Waals surface area contributed by atoms with Crippen molar-refractivity contribution in [3.63, 3.8) is 0 Å². The van der Waals surface area contributed by atoms with Crippen LogP contribution < -0.4 is 0 Å². The van der Waals surface area contributed by atoms with Crippen molar-refractivity contribution >= 4 is 27.3 Å². The average molecular weight is 230 g/mol. The van der Waals surface area contributed by atoms with E-state index in [4.69, 9.17) is 0 Å². The third-order valence-electron chi connectivity index (χ3n) is 1.16. The van der Waals surface area contributed by atoms with E-state index >= 15 is 0 Å². The topological polar surface area (TPSA) is 30.7 Å². The SMILES string of the molecule is Brc1csc(-n2cccn2)n1. The third kappa shape index (κ3) is 1.34. The molecule has 0 N–H and O–H groups in total. The Morgan fingerprint density at radius 3 is 3.00 bits per heavy atom. The number of hydrogen-bond acceptors (Lipinski definition) is 3. The number of aromatic nitrogens is 3. The zero-order valence-corrected chi connectivity index (χ0v) is 7.84. The Labute approximate surface area is 75.8 Å². The zero-order chi connectivity index (χ0) is 7.68. The lowest BCUT2D eigenvalue weighted by atomic mass is 10.8. The lowest BCUT2D eigenvalue weighted by Crippen LogP contribution is -1.91. The summed E-state index contributed by atoms with van der Waals surface area (Å²) in [4.78, 5) is 4.19. The fraction of sp³-hybridized carbons (Fsp3) is 0. The van der Waals surface area contributed by atoms with Gasteiger partial charge in [-0.05, 0) is 22.0 Å². The van der Waals surface area contributed by atoms with Gasteiger partial charge in [0.2, 0.25) is 5.13 Å². The summed E-state index contributed by atoms with van der Waals surface area (Å²) in [6, 6.07) is 1.87. The first kappa shape index (κ1) is 7.00. The number of rotatable bonds is 1.